The molecule has 0 bridgehead atoms. The third kappa shape index (κ3) is 3.21. The zero-order valence-electron chi connectivity index (χ0n) is 20.9. The van der Waals surface area contributed by atoms with Crippen LogP contribution in [0.25, 0.3) is 0 Å². The van der Waals surface area contributed by atoms with E-state index in [4.69, 9.17) is 14.5 Å². The van der Waals surface area contributed by atoms with Crippen LogP contribution in [0.5, 0.6) is 5.75 Å². The number of nitriles is 1. The number of aliphatic hydroxyl groups is 1. The number of fused-ring (bicyclic) bond motifs is 5. The predicted octanol–water partition coefficient (Wildman–Crippen LogP) is 4.69. The third-order valence-corrected chi connectivity index (χ3v) is 8.21. The van der Waals surface area contributed by atoms with Crippen LogP contribution in [0.15, 0.2) is 77.6 Å². The Morgan fingerprint density at radius 2 is 1.87 bits per heavy atom. The molecule has 7 rings (SSSR count). The maximum atomic E-state index is 14.7. The molecule has 1 aromatic heterocycles. The second-order valence-electron chi connectivity index (χ2n) is 10.3. The van der Waals surface area contributed by atoms with Crippen molar-refractivity contribution in [2.45, 2.75) is 42.5 Å². The lowest BCUT2D eigenvalue weighted by Crippen LogP contribution is -2.49. The van der Waals surface area contributed by atoms with Crippen molar-refractivity contribution in [1.82, 2.24) is 9.97 Å². The normalized spacial score (nSPS) is 26.7. The van der Waals surface area contributed by atoms with Crippen LogP contribution in [0.1, 0.15) is 70.6 Å². The van der Waals surface area contributed by atoms with Crippen LogP contribution in [0.2, 0.25) is 0 Å². The number of nitrogens with zero attached hydrogens (tertiary/aromatic N) is 2. The molecule has 1 fully saturated rings. The summed E-state index contributed by atoms with van der Waals surface area (Å²) in [5.74, 6) is -0.724. The average molecular weight is 522 g/mol. The van der Waals surface area contributed by atoms with Crippen LogP contribution in [0.3, 0.4) is 0 Å². The van der Waals surface area contributed by atoms with E-state index in [1.54, 1.807) is 24.3 Å². The minimum Gasteiger partial charge on any atom is -0.477 e. The number of H-pyrrole nitrogens is 1. The lowest BCUT2D eigenvalue weighted by atomic mass is 9.70. The van der Waals surface area contributed by atoms with Crippen LogP contribution in [0, 0.1) is 17.1 Å². The summed E-state index contributed by atoms with van der Waals surface area (Å²) in [5.41, 5.74) is -1.78. The van der Waals surface area contributed by atoms with Crippen molar-refractivity contribution in [3.63, 3.8) is 0 Å². The maximum Gasteiger partial charge on any atom is 0.255 e. The predicted molar refractivity (Wildman–Crippen MR) is 139 cm³/mol. The molecule has 39 heavy (non-hydrogen) atoms. The summed E-state index contributed by atoms with van der Waals surface area (Å²) >= 11 is 0. The van der Waals surface area contributed by atoms with E-state index in [0.29, 0.717) is 35.7 Å². The molecule has 3 heterocycles. The number of hydrogen-bond donors (Lipinski definition) is 2. The molecular weight excluding hydrogens is 497 g/mol. The highest BCUT2D eigenvalue weighted by molar-refractivity contribution is 5.64. The van der Waals surface area contributed by atoms with Crippen molar-refractivity contribution in [1.29, 1.82) is 5.26 Å². The van der Waals surface area contributed by atoms with E-state index in [-0.39, 0.29) is 16.8 Å². The summed E-state index contributed by atoms with van der Waals surface area (Å²) in [6.45, 7) is 0.550. The van der Waals surface area contributed by atoms with Gasteiger partial charge in [-0.15, -0.1) is 0 Å². The van der Waals surface area contributed by atoms with Gasteiger partial charge in [0.05, 0.1) is 28.8 Å². The van der Waals surface area contributed by atoms with Gasteiger partial charge >= 0.3 is 0 Å². The van der Waals surface area contributed by atoms with Gasteiger partial charge in [-0.25, -0.2) is 9.37 Å². The number of ether oxygens (including phenoxy) is 2. The molecule has 4 atom stereocenters. The molecule has 2 aliphatic heterocycles. The molecule has 1 aliphatic carbocycles. The highest BCUT2D eigenvalue weighted by Crippen LogP contribution is 2.67. The highest BCUT2D eigenvalue weighted by atomic mass is 19.1. The monoisotopic (exact) mass is 521 g/mol. The molecule has 0 saturated carbocycles. The Balaban J connectivity index is 1.58. The number of hydrogen-bond acceptors (Lipinski definition) is 6. The Morgan fingerprint density at radius 1 is 1.08 bits per heavy atom. The van der Waals surface area contributed by atoms with Gasteiger partial charge in [0.15, 0.2) is 11.2 Å². The molecule has 3 aromatic carbocycles. The Morgan fingerprint density at radius 3 is 2.59 bits per heavy atom. The Labute approximate surface area is 223 Å². The molecule has 3 aliphatic rings. The molecule has 194 valence electrons. The van der Waals surface area contributed by atoms with E-state index in [2.05, 4.69) is 11.1 Å². The van der Waals surface area contributed by atoms with Crippen molar-refractivity contribution in [3.05, 3.63) is 128 Å². The minimum atomic E-state index is -2.02. The Bertz CT molecular complexity index is 1690. The van der Waals surface area contributed by atoms with Gasteiger partial charge in [-0.2, -0.15) is 5.26 Å². The van der Waals surface area contributed by atoms with E-state index in [9.17, 15) is 19.6 Å². The fourth-order valence-corrected chi connectivity index (χ4v) is 6.52. The van der Waals surface area contributed by atoms with Crippen LogP contribution in [-0.2, 0) is 15.9 Å². The summed E-state index contributed by atoms with van der Waals surface area (Å²) in [4.78, 5) is 21.8. The first-order chi connectivity index (χ1) is 19.0. The minimum absolute atomic E-state index is 0.123. The van der Waals surface area contributed by atoms with Gasteiger partial charge in [0.1, 0.15) is 23.5 Å². The van der Waals surface area contributed by atoms with Crippen LogP contribution >= 0.6 is 0 Å². The molecular formula is C31H24FN3O4. The molecule has 0 amide bonds. The molecule has 1 unspecified atom stereocenters. The maximum absolute atomic E-state index is 14.7. The van der Waals surface area contributed by atoms with Crippen molar-refractivity contribution >= 4 is 0 Å². The molecule has 2 N–H and O–H groups in total. The zero-order chi connectivity index (χ0) is 26.8. The first-order valence-corrected chi connectivity index (χ1v) is 13.0. The van der Waals surface area contributed by atoms with E-state index < -0.39 is 34.6 Å². The summed E-state index contributed by atoms with van der Waals surface area (Å²) in [6.07, 6.45) is 2.11. The number of nitrogens with one attached hydrogen (secondary N) is 1. The zero-order valence-corrected chi connectivity index (χ0v) is 20.9. The number of benzene rings is 3. The fraction of sp³-hybridized carbons (Fsp3) is 0.258. The van der Waals surface area contributed by atoms with Gasteiger partial charge in [-0.05, 0) is 55.2 Å². The topological polar surface area (TPSA) is 108 Å². The average Bonchev–Trinajstić information content (AvgIpc) is 3.37. The third-order valence-electron chi connectivity index (χ3n) is 8.21. The van der Waals surface area contributed by atoms with E-state index in [1.807, 2.05) is 30.3 Å². The first-order valence-electron chi connectivity index (χ1n) is 13.0. The van der Waals surface area contributed by atoms with Gasteiger partial charge in [-0.3, -0.25) is 4.79 Å². The van der Waals surface area contributed by atoms with Crippen LogP contribution < -0.4 is 10.3 Å². The summed E-state index contributed by atoms with van der Waals surface area (Å²) < 4.78 is 27.4. The quantitative estimate of drug-likeness (QED) is 0.405. The molecule has 0 spiro atoms. The van der Waals surface area contributed by atoms with Gasteiger partial charge in [0.25, 0.3) is 5.56 Å². The van der Waals surface area contributed by atoms with Gasteiger partial charge in [0.2, 0.25) is 0 Å². The number of aromatic nitrogens is 2. The van der Waals surface area contributed by atoms with Gasteiger partial charge in [0, 0.05) is 17.7 Å². The lowest BCUT2D eigenvalue weighted by Gasteiger charge is -2.40. The Hall–Kier alpha value is -4.32. The second-order valence-corrected chi connectivity index (χ2v) is 10.3. The molecule has 8 heteroatoms. The van der Waals surface area contributed by atoms with Crippen molar-refractivity contribution in [2.75, 3.05) is 6.61 Å². The first kappa shape index (κ1) is 23.8. The second kappa shape index (κ2) is 8.60. The van der Waals surface area contributed by atoms with E-state index in [1.165, 1.54) is 18.2 Å². The summed E-state index contributed by atoms with van der Waals surface area (Å²) in [5, 5.41) is 22.4. The molecule has 1 saturated heterocycles. The van der Waals surface area contributed by atoms with E-state index >= 15 is 0 Å². The van der Waals surface area contributed by atoms with Crippen LogP contribution in [0.4, 0.5) is 4.39 Å². The standard InChI is InChI=1S/C31H24FN3O4/c32-21-13-14-23-22(16-21)30(37)27-25(29(36)35-28(34-27)24-8-4-5-15-38-24)26(19-6-2-1-3-7-19)31(30,39-23)20-11-9-18(17-33)10-12-20/h1-3,6-7,9-14,16,24,26,37H,4-5,8,15H2,(H,34,35,36)/t24?,26-,30+,31+/m1/s1. The smallest absolute Gasteiger partial charge is 0.255 e. The van der Waals surface area contributed by atoms with E-state index in [0.717, 1.165) is 18.4 Å². The van der Waals surface area contributed by atoms with Gasteiger partial charge in [-0.1, -0.05) is 42.5 Å². The molecule has 7 nitrogen and oxygen atoms in total. The lowest BCUT2D eigenvalue weighted by molar-refractivity contribution is -0.0907. The molecule has 0 radical (unpaired) electrons. The number of rotatable bonds is 3. The SMILES string of the molecule is N#Cc1ccc([C@@]23Oc4ccc(F)cc4[C@]2(O)c2nc(C4CCCCO4)[nH]c(=O)c2[C@H]3c2ccccc2)cc1. The summed E-state index contributed by atoms with van der Waals surface area (Å²) in [6, 6.07) is 22.2. The largest absolute Gasteiger partial charge is 0.477 e. The number of halogens is 1. The van der Waals surface area contributed by atoms with Crippen molar-refractivity contribution in [3.8, 4) is 11.8 Å². The van der Waals surface area contributed by atoms with Crippen LogP contribution in [-0.4, -0.2) is 21.7 Å². The summed E-state index contributed by atoms with van der Waals surface area (Å²) in [7, 11) is 0. The van der Waals surface area contributed by atoms with Crippen molar-refractivity contribution in [2.24, 2.45) is 0 Å². The fourth-order valence-electron chi connectivity index (χ4n) is 6.52. The number of aromatic amines is 1. The van der Waals surface area contributed by atoms with Crippen molar-refractivity contribution < 1.29 is 19.0 Å². The molecule has 4 aromatic rings. The Kier molecular flexibility index (Phi) is 5.24. The highest BCUT2D eigenvalue weighted by Gasteiger charge is 2.73. The van der Waals surface area contributed by atoms with Gasteiger partial charge < -0.3 is 19.6 Å².